The maximum absolute atomic E-state index is 11.9. The summed E-state index contributed by atoms with van der Waals surface area (Å²) in [4.78, 5) is 16.1. The second kappa shape index (κ2) is 4.70. The van der Waals surface area contributed by atoms with Gasteiger partial charge < -0.3 is 5.32 Å². The minimum absolute atomic E-state index is 0.0796. The van der Waals surface area contributed by atoms with Crippen molar-refractivity contribution in [1.82, 2.24) is 5.32 Å². The lowest BCUT2D eigenvalue weighted by Crippen LogP contribution is -2.27. The molecule has 0 unspecified atom stereocenters. The molecule has 0 saturated carbocycles. The third-order valence-electron chi connectivity index (χ3n) is 2.31. The molecule has 1 heterocycles. The molecule has 1 aromatic rings. The SMILES string of the molecule is Cc1cccc(C(=O)NC2=NC[C@H](C)S2)c1. The largest absolute Gasteiger partial charge is 0.301 e. The van der Waals surface area contributed by atoms with Crippen molar-refractivity contribution in [1.29, 1.82) is 0 Å². The molecule has 2 rings (SSSR count). The summed E-state index contributed by atoms with van der Waals surface area (Å²) < 4.78 is 0. The molecule has 0 spiro atoms. The number of aliphatic imine (C=N–C) groups is 1. The quantitative estimate of drug-likeness (QED) is 0.809. The number of hydrogen-bond acceptors (Lipinski definition) is 3. The number of benzene rings is 1. The van der Waals surface area contributed by atoms with Crippen molar-refractivity contribution in [3.63, 3.8) is 0 Å². The predicted molar refractivity (Wildman–Crippen MR) is 68.0 cm³/mol. The lowest BCUT2D eigenvalue weighted by atomic mass is 10.1. The zero-order valence-electron chi connectivity index (χ0n) is 9.36. The normalized spacial score (nSPS) is 19.4. The predicted octanol–water partition coefficient (Wildman–Crippen LogP) is 2.22. The minimum Gasteiger partial charge on any atom is -0.301 e. The topological polar surface area (TPSA) is 41.5 Å². The Morgan fingerprint density at radius 3 is 3.00 bits per heavy atom. The van der Waals surface area contributed by atoms with Gasteiger partial charge in [-0.2, -0.15) is 0 Å². The van der Waals surface area contributed by atoms with Crippen molar-refractivity contribution in [3.8, 4) is 0 Å². The Morgan fingerprint density at radius 1 is 1.56 bits per heavy atom. The number of carbonyl (C=O) groups excluding carboxylic acids is 1. The van der Waals surface area contributed by atoms with E-state index in [4.69, 9.17) is 0 Å². The van der Waals surface area contributed by atoms with Crippen LogP contribution in [0.1, 0.15) is 22.8 Å². The Labute approximate surface area is 99.3 Å². The van der Waals surface area contributed by atoms with Crippen LogP contribution in [0.5, 0.6) is 0 Å². The van der Waals surface area contributed by atoms with Crippen LogP contribution in [0.3, 0.4) is 0 Å². The summed E-state index contributed by atoms with van der Waals surface area (Å²) in [5, 5.41) is 4.03. The van der Waals surface area contributed by atoms with E-state index in [-0.39, 0.29) is 5.91 Å². The summed E-state index contributed by atoms with van der Waals surface area (Å²) in [6.45, 7) is 4.86. The zero-order valence-corrected chi connectivity index (χ0v) is 10.2. The van der Waals surface area contributed by atoms with Crippen LogP contribution in [0.4, 0.5) is 0 Å². The van der Waals surface area contributed by atoms with Gasteiger partial charge in [-0.05, 0) is 19.1 Å². The number of nitrogens with zero attached hydrogens (tertiary/aromatic N) is 1. The van der Waals surface area contributed by atoms with Crippen molar-refractivity contribution in [2.75, 3.05) is 6.54 Å². The van der Waals surface area contributed by atoms with Gasteiger partial charge in [-0.15, -0.1) is 0 Å². The Balaban J connectivity index is 2.04. The summed E-state index contributed by atoms with van der Waals surface area (Å²) in [5.41, 5.74) is 1.77. The van der Waals surface area contributed by atoms with Gasteiger partial charge in [0.05, 0.1) is 6.54 Å². The number of thioether (sulfide) groups is 1. The number of nitrogens with one attached hydrogen (secondary N) is 1. The van der Waals surface area contributed by atoms with Crippen molar-refractivity contribution in [3.05, 3.63) is 35.4 Å². The number of amidine groups is 1. The first kappa shape index (κ1) is 11.2. The highest BCUT2D eigenvalue weighted by Crippen LogP contribution is 2.18. The van der Waals surface area contributed by atoms with E-state index in [9.17, 15) is 4.79 Å². The molecular formula is C12H14N2OS. The average molecular weight is 234 g/mol. The van der Waals surface area contributed by atoms with E-state index >= 15 is 0 Å². The van der Waals surface area contributed by atoms with E-state index in [1.807, 2.05) is 31.2 Å². The molecule has 4 heteroatoms. The van der Waals surface area contributed by atoms with Gasteiger partial charge >= 0.3 is 0 Å². The smallest absolute Gasteiger partial charge is 0.257 e. The third kappa shape index (κ3) is 2.64. The van der Waals surface area contributed by atoms with Gasteiger partial charge in [0, 0.05) is 10.8 Å². The molecule has 1 atom stereocenters. The molecule has 0 fully saturated rings. The third-order valence-corrected chi connectivity index (χ3v) is 3.31. The highest BCUT2D eigenvalue weighted by molar-refractivity contribution is 8.14. The lowest BCUT2D eigenvalue weighted by Gasteiger charge is -2.05. The monoisotopic (exact) mass is 234 g/mol. The van der Waals surface area contributed by atoms with Crippen LogP contribution in [0, 0.1) is 6.92 Å². The van der Waals surface area contributed by atoms with Gasteiger partial charge in [0.15, 0.2) is 5.17 Å². The fourth-order valence-corrected chi connectivity index (χ4v) is 2.33. The molecule has 0 aliphatic carbocycles. The first-order chi connectivity index (χ1) is 7.65. The number of hydrogen-bond donors (Lipinski definition) is 1. The molecule has 0 aromatic heterocycles. The fraction of sp³-hybridized carbons (Fsp3) is 0.333. The van der Waals surface area contributed by atoms with Gasteiger partial charge in [0.25, 0.3) is 5.91 Å². The Morgan fingerprint density at radius 2 is 2.38 bits per heavy atom. The van der Waals surface area contributed by atoms with Crippen molar-refractivity contribution in [2.45, 2.75) is 19.1 Å². The van der Waals surface area contributed by atoms with Crippen LogP contribution in [-0.4, -0.2) is 22.9 Å². The number of aryl methyl sites for hydroxylation is 1. The second-order valence-electron chi connectivity index (χ2n) is 3.90. The van der Waals surface area contributed by atoms with Crippen LogP contribution >= 0.6 is 11.8 Å². The first-order valence-corrected chi connectivity index (χ1v) is 6.12. The molecule has 0 saturated heterocycles. The molecule has 1 N–H and O–H groups in total. The molecule has 3 nitrogen and oxygen atoms in total. The van der Waals surface area contributed by atoms with Gasteiger partial charge in [0.1, 0.15) is 0 Å². The minimum atomic E-state index is -0.0796. The molecule has 1 aliphatic rings. The Kier molecular flexibility index (Phi) is 3.29. The van der Waals surface area contributed by atoms with Crippen LogP contribution in [0.25, 0.3) is 0 Å². The standard InChI is InChI=1S/C12H14N2OS/c1-8-4-3-5-10(6-8)11(15)14-12-13-7-9(2)16-12/h3-6,9H,7H2,1-2H3,(H,13,14,15)/t9-/m0/s1. The Bertz CT molecular complexity index is 442. The number of amides is 1. The van der Waals surface area contributed by atoms with Crippen molar-refractivity contribution in [2.24, 2.45) is 4.99 Å². The molecule has 0 radical (unpaired) electrons. The van der Waals surface area contributed by atoms with Gasteiger partial charge in [-0.1, -0.05) is 36.4 Å². The van der Waals surface area contributed by atoms with E-state index < -0.39 is 0 Å². The Hall–Kier alpha value is -1.29. The van der Waals surface area contributed by atoms with Crippen molar-refractivity contribution < 1.29 is 4.79 Å². The first-order valence-electron chi connectivity index (χ1n) is 5.24. The molecule has 1 aliphatic heterocycles. The van der Waals surface area contributed by atoms with Crippen LogP contribution < -0.4 is 5.32 Å². The van der Waals surface area contributed by atoms with Crippen LogP contribution in [0.15, 0.2) is 29.3 Å². The average Bonchev–Trinajstić information content (AvgIpc) is 2.64. The van der Waals surface area contributed by atoms with E-state index in [2.05, 4.69) is 17.2 Å². The maximum Gasteiger partial charge on any atom is 0.257 e. The summed E-state index contributed by atoms with van der Waals surface area (Å²) in [6.07, 6.45) is 0. The molecule has 1 aromatic carbocycles. The lowest BCUT2D eigenvalue weighted by molar-refractivity contribution is 0.0978. The van der Waals surface area contributed by atoms with E-state index in [1.165, 1.54) is 0 Å². The van der Waals surface area contributed by atoms with E-state index in [0.29, 0.717) is 10.8 Å². The van der Waals surface area contributed by atoms with E-state index in [0.717, 1.165) is 17.3 Å². The number of rotatable bonds is 1. The molecular weight excluding hydrogens is 220 g/mol. The second-order valence-corrected chi connectivity index (χ2v) is 5.33. The number of carbonyl (C=O) groups is 1. The van der Waals surface area contributed by atoms with Gasteiger partial charge in [-0.25, -0.2) is 0 Å². The summed E-state index contributed by atoms with van der Waals surface area (Å²) >= 11 is 1.61. The summed E-state index contributed by atoms with van der Waals surface area (Å²) in [6, 6.07) is 7.54. The molecule has 16 heavy (non-hydrogen) atoms. The summed E-state index contributed by atoms with van der Waals surface area (Å²) in [7, 11) is 0. The van der Waals surface area contributed by atoms with E-state index in [1.54, 1.807) is 11.8 Å². The highest BCUT2D eigenvalue weighted by atomic mass is 32.2. The fourth-order valence-electron chi connectivity index (χ4n) is 1.50. The molecule has 0 bridgehead atoms. The van der Waals surface area contributed by atoms with Crippen LogP contribution in [-0.2, 0) is 0 Å². The van der Waals surface area contributed by atoms with Crippen molar-refractivity contribution >= 4 is 22.8 Å². The summed E-state index contributed by atoms with van der Waals surface area (Å²) in [5.74, 6) is -0.0796. The van der Waals surface area contributed by atoms with Crippen LogP contribution in [0.2, 0.25) is 0 Å². The maximum atomic E-state index is 11.9. The molecule has 84 valence electrons. The van der Waals surface area contributed by atoms with Gasteiger partial charge in [-0.3, -0.25) is 9.79 Å². The highest BCUT2D eigenvalue weighted by Gasteiger charge is 2.17. The zero-order chi connectivity index (χ0) is 11.5. The molecule has 1 amide bonds. The van der Waals surface area contributed by atoms with Gasteiger partial charge in [0.2, 0.25) is 0 Å².